The lowest BCUT2D eigenvalue weighted by atomic mass is 9.98. The molecule has 1 unspecified atom stereocenters. The molecule has 1 fully saturated rings. The highest BCUT2D eigenvalue weighted by Gasteiger charge is 2.20. The van der Waals surface area contributed by atoms with Gasteiger partial charge in [-0.1, -0.05) is 0 Å². The van der Waals surface area contributed by atoms with Crippen molar-refractivity contribution in [3.63, 3.8) is 0 Å². The van der Waals surface area contributed by atoms with Gasteiger partial charge in [-0.2, -0.15) is 0 Å². The Balaban J connectivity index is 2.01. The van der Waals surface area contributed by atoms with Gasteiger partial charge < -0.3 is 9.47 Å². The molecule has 0 amide bonds. The number of methoxy groups -OCH3 is 1. The molecule has 0 aromatic carbocycles. The monoisotopic (exact) mass is 221 g/mol. The van der Waals surface area contributed by atoms with Crippen LogP contribution in [0, 0.1) is 5.92 Å². The van der Waals surface area contributed by atoms with Gasteiger partial charge in [-0.15, -0.1) is 0 Å². The Labute approximate surface area is 94.6 Å². The molecule has 2 rings (SSSR count). The quantitative estimate of drug-likeness (QED) is 0.726. The molecule has 0 saturated carbocycles. The lowest BCUT2D eigenvalue weighted by Gasteiger charge is -2.06. The molecule has 0 bridgehead atoms. The summed E-state index contributed by atoms with van der Waals surface area (Å²) in [5.74, 6) is 1.09. The molecule has 0 spiro atoms. The van der Waals surface area contributed by atoms with E-state index in [1.807, 2.05) is 0 Å². The number of Topliss-reactive ketones (excluding diaryl/α,β-unsaturated/α-hetero) is 1. The maximum absolute atomic E-state index is 11.9. The van der Waals surface area contributed by atoms with Crippen molar-refractivity contribution in [2.75, 3.05) is 20.3 Å². The maximum Gasteiger partial charge on any atom is 0.164 e. The molecule has 2 heterocycles. The summed E-state index contributed by atoms with van der Waals surface area (Å²) in [7, 11) is 1.57. The fraction of sp³-hybridized carbons (Fsp3) is 0.500. The van der Waals surface area contributed by atoms with E-state index < -0.39 is 0 Å². The van der Waals surface area contributed by atoms with E-state index in [9.17, 15) is 4.79 Å². The molecule has 1 aromatic heterocycles. The number of ketones is 1. The molecule has 1 atom stereocenters. The largest absolute Gasteiger partial charge is 0.495 e. The molecule has 1 aromatic rings. The summed E-state index contributed by atoms with van der Waals surface area (Å²) >= 11 is 0. The highest BCUT2D eigenvalue weighted by atomic mass is 16.5. The van der Waals surface area contributed by atoms with Gasteiger partial charge in [-0.25, -0.2) is 0 Å². The molecule has 1 aliphatic heterocycles. The van der Waals surface area contributed by atoms with Gasteiger partial charge in [0, 0.05) is 31.4 Å². The van der Waals surface area contributed by atoms with Crippen molar-refractivity contribution in [2.45, 2.75) is 12.8 Å². The van der Waals surface area contributed by atoms with Gasteiger partial charge >= 0.3 is 0 Å². The topological polar surface area (TPSA) is 48.4 Å². The number of carbonyl (C=O) groups is 1. The second-order valence-electron chi connectivity index (χ2n) is 3.97. The van der Waals surface area contributed by atoms with Gasteiger partial charge in [0.1, 0.15) is 5.75 Å². The predicted octanol–water partition coefficient (Wildman–Crippen LogP) is 1.70. The lowest BCUT2D eigenvalue weighted by Crippen LogP contribution is -2.09. The minimum absolute atomic E-state index is 0.113. The second-order valence-corrected chi connectivity index (χ2v) is 3.97. The first-order valence-electron chi connectivity index (χ1n) is 5.39. The Hall–Kier alpha value is -1.42. The molecule has 0 radical (unpaired) electrons. The van der Waals surface area contributed by atoms with E-state index >= 15 is 0 Å². The Morgan fingerprint density at radius 3 is 3.19 bits per heavy atom. The van der Waals surface area contributed by atoms with Gasteiger partial charge in [0.15, 0.2) is 5.78 Å². The molecule has 16 heavy (non-hydrogen) atoms. The van der Waals surface area contributed by atoms with Crippen molar-refractivity contribution in [1.29, 1.82) is 0 Å². The SMILES string of the molecule is COc1cncc(C(=O)CC2CCOC2)c1. The third-order valence-corrected chi connectivity index (χ3v) is 2.77. The number of nitrogens with zero attached hydrogens (tertiary/aromatic N) is 1. The molecule has 1 aliphatic rings. The molecule has 86 valence electrons. The average Bonchev–Trinajstić information content (AvgIpc) is 2.82. The zero-order chi connectivity index (χ0) is 11.4. The molecular weight excluding hydrogens is 206 g/mol. The minimum atomic E-state index is 0.113. The summed E-state index contributed by atoms with van der Waals surface area (Å²) in [5, 5.41) is 0. The van der Waals surface area contributed by atoms with Crippen LogP contribution < -0.4 is 4.74 Å². The van der Waals surface area contributed by atoms with Crippen molar-refractivity contribution in [3.05, 3.63) is 24.0 Å². The highest BCUT2D eigenvalue weighted by Crippen LogP contribution is 2.20. The van der Waals surface area contributed by atoms with Crippen molar-refractivity contribution >= 4 is 5.78 Å². The fourth-order valence-corrected chi connectivity index (χ4v) is 1.81. The van der Waals surface area contributed by atoms with Crippen LogP contribution >= 0.6 is 0 Å². The Kier molecular flexibility index (Phi) is 3.51. The zero-order valence-electron chi connectivity index (χ0n) is 9.31. The summed E-state index contributed by atoms with van der Waals surface area (Å²) in [6.07, 6.45) is 4.69. The number of pyridine rings is 1. The van der Waals surface area contributed by atoms with E-state index in [4.69, 9.17) is 9.47 Å². The molecule has 4 heteroatoms. The lowest BCUT2D eigenvalue weighted by molar-refractivity contribution is 0.0952. The molecule has 0 aliphatic carbocycles. The Morgan fingerprint density at radius 1 is 1.62 bits per heavy atom. The van der Waals surface area contributed by atoms with Crippen LogP contribution in [0.25, 0.3) is 0 Å². The Bertz CT molecular complexity index is 372. The van der Waals surface area contributed by atoms with Crippen LogP contribution in [0.3, 0.4) is 0 Å². The average molecular weight is 221 g/mol. The van der Waals surface area contributed by atoms with Gasteiger partial charge in [0.25, 0.3) is 0 Å². The van der Waals surface area contributed by atoms with Crippen molar-refractivity contribution < 1.29 is 14.3 Å². The summed E-state index contributed by atoms with van der Waals surface area (Å²) in [5.41, 5.74) is 0.617. The van der Waals surface area contributed by atoms with Crippen molar-refractivity contribution in [2.24, 2.45) is 5.92 Å². The van der Waals surface area contributed by atoms with Gasteiger partial charge in [0.05, 0.1) is 13.3 Å². The molecule has 4 nitrogen and oxygen atoms in total. The first-order valence-corrected chi connectivity index (χ1v) is 5.39. The van der Waals surface area contributed by atoms with Gasteiger partial charge in [-0.3, -0.25) is 9.78 Å². The van der Waals surface area contributed by atoms with Gasteiger partial charge in [-0.05, 0) is 18.4 Å². The minimum Gasteiger partial charge on any atom is -0.495 e. The number of hydrogen-bond acceptors (Lipinski definition) is 4. The first kappa shape index (κ1) is 11.1. The van der Waals surface area contributed by atoms with E-state index in [1.54, 1.807) is 25.6 Å². The molecule has 1 saturated heterocycles. The van der Waals surface area contributed by atoms with E-state index in [2.05, 4.69) is 4.98 Å². The van der Waals surface area contributed by atoms with Crippen LogP contribution in [0.15, 0.2) is 18.5 Å². The third-order valence-electron chi connectivity index (χ3n) is 2.77. The normalized spacial score (nSPS) is 19.7. The second kappa shape index (κ2) is 5.07. The first-order chi connectivity index (χ1) is 7.79. The van der Waals surface area contributed by atoms with Crippen LogP contribution in [0.2, 0.25) is 0 Å². The standard InChI is InChI=1S/C12H15NO3/c1-15-11-5-10(6-13-7-11)12(14)4-9-2-3-16-8-9/h5-7,9H,2-4,8H2,1H3. The number of hydrogen-bond donors (Lipinski definition) is 0. The number of carbonyl (C=O) groups excluding carboxylic acids is 1. The van der Waals surface area contributed by atoms with E-state index in [0.717, 1.165) is 13.0 Å². The fourth-order valence-electron chi connectivity index (χ4n) is 1.81. The highest BCUT2D eigenvalue weighted by molar-refractivity contribution is 5.96. The molecular formula is C12H15NO3. The maximum atomic E-state index is 11.9. The van der Waals surface area contributed by atoms with E-state index in [-0.39, 0.29) is 5.78 Å². The number of ether oxygens (including phenoxy) is 2. The summed E-state index contributed by atoms with van der Waals surface area (Å²) in [4.78, 5) is 15.9. The molecule has 0 N–H and O–H groups in total. The van der Waals surface area contributed by atoms with Crippen molar-refractivity contribution in [1.82, 2.24) is 4.98 Å². The van der Waals surface area contributed by atoms with E-state index in [1.165, 1.54) is 0 Å². The number of aromatic nitrogens is 1. The van der Waals surface area contributed by atoms with Crippen LogP contribution in [-0.2, 0) is 4.74 Å². The third kappa shape index (κ3) is 2.58. The van der Waals surface area contributed by atoms with E-state index in [0.29, 0.717) is 30.3 Å². The van der Waals surface area contributed by atoms with Crippen LogP contribution in [0.1, 0.15) is 23.2 Å². The summed E-state index contributed by atoms with van der Waals surface area (Å²) in [6, 6.07) is 1.73. The van der Waals surface area contributed by atoms with Crippen LogP contribution in [-0.4, -0.2) is 31.1 Å². The summed E-state index contributed by atoms with van der Waals surface area (Å²) < 4.78 is 10.3. The predicted molar refractivity (Wildman–Crippen MR) is 58.7 cm³/mol. The van der Waals surface area contributed by atoms with Crippen molar-refractivity contribution in [3.8, 4) is 5.75 Å². The number of rotatable bonds is 4. The van der Waals surface area contributed by atoms with Crippen LogP contribution in [0.4, 0.5) is 0 Å². The Morgan fingerprint density at radius 2 is 2.50 bits per heavy atom. The van der Waals surface area contributed by atoms with Gasteiger partial charge in [0.2, 0.25) is 0 Å². The summed E-state index contributed by atoms with van der Waals surface area (Å²) in [6.45, 7) is 1.47. The zero-order valence-corrected chi connectivity index (χ0v) is 9.31. The smallest absolute Gasteiger partial charge is 0.164 e. The van der Waals surface area contributed by atoms with Crippen LogP contribution in [0.5, 0.6) is 5.75 Å².